The van der Waals surface area contributed by atoms with E-state index in [1.165, 1.54) is 18.2 Å². The molecule has 1 aliphatic heterocycles. The van der Waals surface area contributed by atoms with Gasteiger partial charge in [0, 0.05) is 22.0 Å². The second-order valence-electron chi connectivity index (χ2n) is 7.99. The maximum atomic E-state index is 13.0. The fourth-order valence-electron chi connectivity index (χ4n) is 3.55. The minimum atomic E-state index is -0.692. The Hall–Kier alpha value is -4.14. The zero-order chi connectivity index (χ0) is 26.5. The molecule has 0 saturated heterocycles. The van der Waals surface area contributed by atoms with Crippen molar-refractivity contribution in [2.24, 2.45) is 0 Å². The van der Waals surface area contributed by atoms with Crippen LogP contribution >= 0.6 is 23.2 Å². The van der Waals surface area contributed by atoms with E-state index in [-0.39, 0.29) is 22.0 Å². The lowest BCUT2D eigenvalue weighted by molar-refractivity contribution is -0.120. The van der Waals surface area contributed by atoms with Crippen molar-refractivity contribution in [3.8, 4) is 0 Å². The molecule has 8 nitrogen and oxygen atoms in total. The van der Waals surface area contributed by atoms with Gasteiger partial charge in [-0.1, -0.05) is 48.3 Å². The number of hydrogen-bond acceptors (Lipinski definition) is 6. The van der Waals surface area contributed by atoms with Crippen LogP contribution in [0.3, 0.4) is 0 Å². The quantitative estimate of drug-likeness (QED) is 0.286. The van der Waals surface area contributed by atoms with Gasteiger partial charge in [-0.25, -0.2) is 9.69 Å². The highest BCUT2D eigenvalue weighted by Crippen LogP contribution is 2.31. The Kier molecular flexibility index (Phi) is 7.91. The molecule has 0 spiro atoms. The highest BCUT2D eigenvalue weighted by Gasteiger charge is 2.39. The van der Waals surface area contributed by atoms with Gasteiger partial charge in [0.05, 0.1) is 17.9 Å². The summed E-state index contributed by atoms with van der Waals surface area (Å²) in [6, 6.07) is 19.0. The van der Waals surface area contributed by atoms with E-state index in [4.69, 9.17) is 27.9 Å². The van der Waals surface area contributed by atoms with Crippen LogP contribution in [0.15, 0.2) is 83.5 Å². The number of carbonyl (C=O) groups excluding carboxylic acids is 4. The maximum Gasteiger partial charge on any atom is 0.338 e. The van der Waals surface area contributed by atoms with Crippen LogP contribution in [0.2, 0.25) is 5.02 Å². The van der Waals surface area contributed by atoms with Crippen LogP contribution in [0.25, 0.3) is 0 Å². The Morgan fingerprint density at radius 2 is 1.54 bits per heavy atom. The number of nitrogens with zero attached hydrogens (tertiary/aromatic N) is 1. The normalized spacial score (nSPS) is 13.1. The first-order valence-electron chi connectivity index (χ1n) is 11.3. The lowest BCUT2D eigenvalue weighted by atomic mass is 10.1. The average Bonchev–Trinajstić information content (AvgIpc) is 3.10. The van der Waals surface area contributed by atoms with Gasteiger partial charge in [0.1, 0.15) is 10.7 Å². The van der Waals surface area contributed by atoms with Crippen LogP contribution in [0.5, 0.6) is 0 Å². The molecule has 0 fully saturated rings. The number of rotatable bonds is 8. The molecule has 0 saturated carbocycles. The number of ether oxygens (including phenoxy) is 1. The van der Waals surface area contributed by atoms with Gasteiger partial charge in [0.2, 0.25) is 0 Å². The van der Waals surface area contributed by atoms with Gasteiger partial charge < -0.3 is 15.4 Å². The molecule has 2 N–H and O–H groups in total. The van der Waals surface area contributed by atoms with Crippen LogP contribution in [0, 0.1) is 0 Å². The van der Waals surface area contributed by atoms with Crippen molar-refractivity contribution in [3.63, 3.8) is 0 Å². The predicted octanol–water partition coefficient (Wildman–Crippen LogP) is 5.59. The minimum absolute atomic E-state index is 0.123. The number of halogens is 2. The third-order valence-corrected chi connectivity index (χ3v) is 5.87. The highest BCUT2D eigenvalue weighted by atomic mass is 35.5. The molecule has 3 amide bonds. The Labute approximate surface area is 222 Å². The van der Waals surface area contributed by atoms with Crippen molar-refractivity contribution in [1.29, 1.82) is 0 Å². The number of benzene rings is 3. The summed E-state index contributed by atoms with van der Waals surface area (Å²) in [6.45, 7) is 2.20. The van der Waals surface area contributed by atoms with Crippen molar-refractivity contribution in [2.75, 3.05) is 22.1 Å². The summed E-state index contributed by atoms with van der Waals surface area (Å²) >= 11 is 12.2. The minimum Gasteiger partial charge on any atom is -0.462 e. The molecule has 0 aliphatic carbocycles. The van der Waals surface area contributed by atoms with Crippen LogP contribution in [-0.4, -0.2) is 30.3 Å². The lowest BCUT2D eigenvalue weighted by Gasteiger charge is -2.15. The summed E-state index contributed by atoms with van der Waals surface area (Å²) in [5, 5.41) is 5.66. The topological polar surface area (TPSA) is 105 Å². The molecule has 188 valence electrons. The van der Waals surface area contributed by atoms with Crippen LogP contribution in [-0.2, 0) is 14.3 Å². The number of hydrogen-bond donors (Lipinski definition) is 2. The zero-order valence-electron chi connectivity index (χ0n) is 19.6. The summed E-state index contributed by atoms with van der Waals surface area (Å²) in [7, 11) is 0. The van der Waals surface area contributed by atoms with Crippen molar-refractivity contribution < 1.29 is 23.9 Å². The van der Waals surface area contributed by atoms with E-state index in [1.54, 1.807) is 54.6 Å². The first-order valence-corrected chi connectivity index (χ1v) is 12.0. The van der Waals surface area contributed by atoms with E-state index in [0.29, 0.717) is 35.0 Å². The van der Waals surface area contributed by atoms with Crippen molar-refractivity contribution in [2.45, 2.75) is 13.3 Å². The molecule has 3 aromatic rings. The fourth-order valence-corrected chi connectivity index (χ4v) is 3.95. The standard InChI is InChI=1S/C27H21Cl2N3O5/c1-2-12-37-27(36)17-7-4-10-20(14-17)31-24(33)16-6-3-9-19(13-16)30-23-22(29)25(34)32(26(23)35)21-11-5-8-18(28)15-21/h3-11,13-15,30H,2,12H2,1H3,(H,31,33). The number of esters is 1. The summed E-state index contributed by atoms with van der Waals surface area (Å²) in [5.74, 6) is -2.27. The van der Waals surface area contributed by atoms with Crippen LogP contribution in [0.1, 0.15) is 34.1 Å². The smallest absolute Gasteiger partial charge is 0.338 e. The molecule has 37 heavy (non-hydrogen) atoms. The summed E-state index contributed by atoms with van der Waals surface area (Å²) in [4.78, 5) is 51.6. The van der Waals surface area contributed by atoms with Gasteiger partial charge in [0.15, 0.2) is 0 Å². The van der Waals surface area contributed by atoms with E-state index < -0.39 is 23.7 Å². The maximum absolute atomic E-state index is 13.0. The van der Waals surface area contributed by atoms with Gasteiger partial charge in [-0.05, 0) is 61.0 Å². The first kappa shape index (κ1) is 25.9. The van der Waals surface area contributed by atoms with Gasteiger partial charge in [-0.2, -0.15) is 0 Å². The van der Waals surface area contributed by atoms with Crippen molar-refractivity contribution in [1.82, 2.24) is 0 Å². The summed E-state index contributed by atoms with van der Waals surface area (Å²) in [6.07, 6.45) is 0.701. The fraction of sp³-hybridized carbons (Fsp3) is 0.111. The average molecular weight is 538 g/mol. The zero-order valence-corrected chi connectivity index (χ0v) is 21.1. The van der Waals surface area contributed by atoms with E-state index in [9.17, 15) is 19.2 Å². The molecule has 0 radical (unpaired) electrons. The second kappa shape index (κ2) is 11.3. The highest BCUT2D eigenvalue weighted by molar-refractivity contribution is 6.53. The number of carbonyl (C=O) groups is 4. The Morgan fingerprint density at radius 3 is 2.27 bits per heavy atom. The SMILES string of the molecule is CCCOC(=O)c1cccc(NC(=O)c2cccc(NC3=C(Cl)C(=O)N(c4cccc(Cl)c4)C3=O)c2)c1. The third-order valence-electron chi connectivity index (χ3n) is 5.28. The Morgan fingerprint density at radius 1 is 0.865 bits per heavy atom. The van der Waals surface area contributed by atoms with Gasteiger partial charge in [-0.3, -0.25) is 14.4 Å². The second-order valence-corrected chi connectivity index (χ2v) is 8.81. The molecule has 10 heteroatoms. The van der Waals surface area contributed by atoms with Crippen LogP contribution in [0.4, 0.5) is 17.1 Å². The Bertz CT molecular complexity index is 1440. The molecule has 4 rings (SSSR count). The molecule has 0 atom stereocenters. The van der Waals surface area contributed by atoms with Crippen LogP contribution < -0.4 is 15.5 Å². The third kappa shape index (κ3) is 5.82. The van der Waals surface area contributed by atoms with E-state index in [1.807, 2.05) is 6.92 Å². The summed E-state index contributed by atoms with van der Waals surface area (Å²) < 4.78 is 5.13. The number of amides is 3. The van der Waals surface area contributed by atoms with Crippen molar-refractivity contribution in [3.05, 3.63) is 99.7 Å². The largest absolute Gasteiger partial charge is 0.462 e. The van der Waals surface area contributed by atoms with Crippen molar-refractivity contribution >= 4 is 64.0 Å². The number of imide groups is 1. The van der Waals surface area contributed by atoms with E-state index in [2.05, 4.69) is 10.6 Å². The molecular formula is C27H21Cl2N3O5. The summed E-state index contributed by atoms with van der Waals surface area (Å²) in [5.41, 5.74) is 1.52. The Balaban J connectivity index is 1.49. The van der Waals surface area contributed by atoms with E-state index in [0.717, 1.165) is 4.90 Å². The molecule has 0 aromatic heterocycles. The molecule has 0 bridgehead atoms. The van der Waals surface area contributed by atoms with Gasteiger partial charge >= 0.3 is 5.97 Å². The molecule has 1 aliphatic rings. The number of nitrogens with one attached hydrogen (secondary N) is 2. The van der Waals surface area contributed by atoms with E-state index >= 15 is 0 Å². The molecular weight excluding hydrogens is 517 g/mol. The van der Waals surface area contributed by atoms with Gasteiger partial charge in [-0.15, -0.1) is 0 Å². The molecule has 3 aromatic carbocycles. The first-order chi connectivity index (χ1) is 17.8. The molecule has 1 heterocycles. The predicted molar refractivity (Wildman–Crippen MR) is 142 cm³/mol. The molecule has 0 unspecified atom stereocenters. The van der Waals surface area contributed by atoms with Gasteiger partial charge in [0.25, 0.3) is 17.7 Å². The lowest BCUT2D eigenvalue weighted by Crippen LogP contribution is -2.32. The monoisotopic (exact) mass is 537 g/mol. The number of anilines is 3.